The highest BCUT2D eigenvalue weighted by molar-refractivity contribution is 5.77. The molecule has 1 N–H and O–H groups in total. The van der Waals surface area contributed by atoms with Crippen LogP contribution in [0.5, 0.6) is 5.75 Å². The van der Waals surface area contributed by atoms with Crippen LogP contribution in [0, 0.1) is 11.8 Å². The van der Waals surface area contributed by atoms with Gasteiger partial charge in [0.05, 0.1) is 7.11 Å². The van der Waals surface area contributed by atoms with Crippen molar-refractivity contribution in [3.63, 3.8) is 0 Å². The fourth-order valence-electron chi connectivity index (χ4n) is 4.59. The monoisotopic (exact) mass is 401 g/mol. The largest absolute Gasteiger partial charge is 0.497 e. The summed E-state index contributed by atoms with van der Waals surface area (Å²) in [6.07, 6.45) is 5.58. The molecule has 1 aromatic carbocycles. The zero-order chi connectivity index (χ0) is 20.2. The zero-order valence-corrected chi connectivity index (χ0v) is 17.2. The summed E-state index contributed by atoms with van der Waals surface area (Å²) in [7, 11) is 1.64. The van der Waals surface area contributed by atoms with Crippen LogP contribution in [-0.4, -0.2) is 60.8 Å². The number of carbonyl (C=O) groups excluding carboxylic acids is 1. The molecule has 0 aliphatic carbocycles. The molecular formula is C22H31N3O4. The van der Waals surface area contributed by atoms with E-state index in [1.165, 1.54) is 0 Å². The number of aliphatic hydroxyl groups excluding tert-OH is 1. The average Bonchev–Trinajstić information content (AvgIpc) is 3.18. The predicted molar refractivity (Wildman–Crippen MR) is 111 cm³/mol. The van der Waals surface area contributed by atoms with Gasteiger partial charge in [0.15, 0.2) is 5.58 Å². The van der Waals surface area contributed by atoms with Gasteiger partial charge in [0.1, 0.15) is 11.3 Å². The van der Waals surface area contributed by atoms with Crippen LogP contribution >= 0.6 is 0 Å². The van der Waals surface area contributed by atoms with Crippen molar-refractivity contribution in [1.82, 2.24) is 9.88 Å². The minimum absolute atomic E-state index is 0.249. The van der Waals surface area contributed by atoms with Crippen LogP contribution in [0.25, 0.3) is 11.1 Å². The highest BCUT2D eigenvalue weighted by Crippen LogP contribution is 2.30. The Hall–Kier alpha value is -2.28. The summed E-state index contributed by atoms with van der Waals surface area (Å²) in [5, 5.41) is 9.10. The third-order valence-electron chi connectivity index (χ3n) is 6.34. The second-order valence-corrected chi connectivity index (χ2v) is 8.32. The van der Waals surface area contributed by atoms with Crippen molar-refractivity contribution >= 4 is 23.0 Å². The number of rotatable bonds is 6. The van der Waals surface area contributed by atoms with Crippen molar-refractivity contribution in [2.24, 2.45) is 11.8 Å². The first kappa shape index (κ1) is 20.0. The molecule has 158 valence electrons. The molecule has 2 fully saturated rings. The number of amides is 1. The number of carbonyl (C=O) groups is 1. The fraction of sp³-hybridized carbons (Fsp3) is 0.636. The highest BCUT2D eigenvalue weighted by atomic mass is 16.5. The summed E-state index contributed by atoms with van der Waals surface area (Å²) < 4.78 is 11.2. The second kappa shape index (κ2) is 9.03. The molecule has 2 saturated heterocycles. The van der Waals surface area contributed by atoms with E-state index < -0.39 is 0 Å². The maximum Gasteiger partial charge on any atom is 0.298 e. The van der Waals surface area contributed by atoms with Gasteiger partial charge in [-0.15, -0.1) is 0 Å². The van der Waals surface area contributed by atoms with Gasteiger partial charge in [0, 0.05) is 45.3 Å². The van der Waals surface area contributed by atoms with E-state index in [4.69, 9.17) is 14.3 Å². The number of oxazole rings is 1. The van der Waals surface area contributed by atoms with Crippen LogP contribution in [0.2, 0.25) is 0 Å². The van der Waals surface area contributed by atoms with Gasteiger partial charge in [-0.25, -0.2) is 0 Å². The summed E-state index contributed by atoms with van der Waals surface area (Å²) in [4.78, 5) is 21.6. The Balaban J connectivity index is 1.34. The number of aromatic nitrogens is 1. The maximum absolute atomic E-state index is 12.8. The number of piperidine rings is 2. The summed E-state index contributed by atoms with van der Waals surface area (Å²) >= 11 is 0. The van der Waals surface area contributed by atoms with Crippen molar-refractivity contribution in [3.05, 3.63) is 18.2 Å². The maximum atomic E-state index is 12.8. The van der Waals surface area contributed by atoms with Crippen molar-refractivity contribution in [1.29, 1.82) is 0 Å². The van der Waals surface area contributed by atoms with Gasteiger partial charge in [-0.1, -0.05) is 0 Å². The van der Waals surface area contributed by atoms with Gasteiger partial charge in [0.25, 0.3) is 6.01 Å². The third-order valence-corrected chi connectivity index (χ3v) is 6.34. The van der Waals surface area contributed by atoms with Crippen molar-refractivity contribution in [3.8, 4) is 5.75 Å². The summed E-state index contributed by atoms with van der Waals surface area (Å²) in [5.41, 5.74) is 1.55. The average molecular weight is 402 g/mol. The predicted octanol–water partition coefficient (Wildman–Crippen LogP) is 3.06. The molecule has 0 spiro atoms. The second-order valence-electron chi connectivity index (χ2n) is 8.32. The molecule has 7 nitrogen and oxygen atoms in total. The number of likely N-dealkylation sites (tertiary alicyclic amines) is 1. The fourth-order valence-corrected chi connectivity index (χ4v) is 4.59. The Bertz CT molecular complexity index is 829. The minimum Gasteiger partial charge on any atom is -0.497 e. The van der Waals surface area contributed by atoms with Gasteiger partial charge in [-0.2, -0.15) is 4.98 Å². The van der Waals surface area contributed by atoms with Crippen LogP contribution in [-0.2, 0) is 4.79 Å². The molecule has 1 atom stereocenters. The quantitative estimate of drug-likeness (QED) is 0.801. The number of benzene rings is 1. The van der Waals surface area contributed by atoms with E-state index in [0.717, 1.165) is 75.1 Å². The number of hydrogen-bond donors (Lipinski definition) is 1. The molecule has 0 saturated carbocycles. The van der Waals surface area contributed by atoms with Gasteiger partial charge < -0.3 is 24.1 Å². The number of methoxy groups -OCH3 is 1. The lowest BCUT2D eigenvalue weighted by molar-refractivity contribution is -0.133. The third kappa shape index (κ3) is 4.66. The summed E-state index contributed by atoms with van der Waals surface area (Å²) in [5.74, 6) is 1.92. The molecule has 2 aliphatic rings. The first-order valence-corrected chi connectivity index (χ1v) is 10.7. The number of aliphatic hydroxyl groups is 1. The Labute approximate surface area is 171 Å². The normalized spacial score (nSPS) is 21.0. The molecule has 1 unspecified atom stereocenters. The lowest BCUT2D eigenvalue weighted by Gasteiger charge is -2.35. The van der Waals surface area contributed by atoms with E-state index in [2.05, 4.69) is 9.88 Å². The van der Waals surface area contributed by atoms with Crippen LogP contribution in [0.1, 0.15) is 38.5 Å². The topological polar surface area (TPSA) is 79.0 Å². The molecule has 3 heterocycles. The highest BCUT2D eigenvalue weighted by Gasteiger charge is 2.28. The Morgan fingerprint density at radius 3 is 2.83 bits per heavy atom. The van der Waals surface area contributed by atoms with Crippen molar-refractivity contribution < 1.29 is 19.1 Å². The Morgan fingerprint density at radius 1 is 1.24 bits per heavy atom. The van der Waals surface area contributed by atoms with Crippen LogP contribution < -0.4 is 9.64 Å². The molecule has 0 bridgehead atoms. The number of nitrogens with zero attached hydrogens (tertiary/aromatic N) is 3. The van der Waals surface area contributed by atoms with E-state index >= 15 is 0 Å². The Morgan fingerprint density at radius 2 is 2.07 bits per heavy atom. The van der Waals surface area contributed by atoms with E-state index in [0.29, 0.717) is 24.3 Å². The molecule has 2 aliphatic heterocycles. The van der Waals surface area contributed by atoms with E-state index in [-0.39, 0.29) is 12.5 Å². The number of hydrogen-bond acceptors (Lipinski definition) is 6. The molecule has 2 aromatic rings. The van der Waals surface area contributed by atoms with E-state index in [1.54, 1.807) is 7.11 Å². The zero-order valence-electron chi connectivity index (χ0n) is 17.2. The van der Waals surface area contributed by atoms with E-state index in [9.17, 15) is 4.79 Å². The van der Waals surface area contributed by atoms with Gasteiger partial charge in [0.2, 0.25) is 5.91 Å². The van der Waals surface area contributed by atoms with Gasteiger partial charge >= 0.3 is 0 Å². The number of anilines is 1. The SMILES string of the molecule is COc1ccc2oc(N3CCCC(CC(=O)N4CCC(CCO)CC4)C3)nc2c1. The smallest absolute Gasteiger partial charge is 0.298 e. The van der Waals surface area contributed by atoms with Crippen molar-refractivity contribution in [2.45, 2.75) is 38.5 Å². The van der Waals surface area contributed by atoms with Crippen LogP contribution in [0.15, 0.2) is 22.6 Å². The summed E-state index contributed by atoms with van der Waals surface area (Å²) in [6.45, 7) is 3.61. The van der Waals surface area contributed by atoms with Crippen LogP contribution in [0.4, 0.5) is 6.01 Å². The van der Waals surface area contributed by atoms with Gasteiger partial charge in [-0.05, 0) is 56.1 Å². The van der Waals surface area contributed by atoms with E-state index in [1.807, 2.05) is 23.1 Å². The molecule has 0 radical (unpaired) electrons. The number of fused-ring (bicyclic) bond motifs is 1. The van der Waals surface area contributed by atoms with Gasteiger partial charge in [-0.3, -0.25) is 4.79 Å². The first-order chi connectivity index (χ1) is 14.2. The summed E-state index contributed by atoms with van der Waals surface area (Å²) in [6, 6.07) is 6.28. The molecule has 7 heteroatoms. The molecule has 1 aromatic heterocycles. The lowest BCUT2D eigenvalue weighted by atomic mass is 9.91. The minimum atomic E-state index is 0.249. The Kier molecular flexibility index (Phi) is 6.23. The molecule has 29 heavy (non-hydrogen) atoms. The van der Waals surface area contributed by atoms with Crippen molar-refractivity contribution in [2.75, 3.05) is 44.8 Å². The first-order valence-electron chi connectivity index (χ1n) is 10.7. The molecule has 4 rings (SSSR count). The molecule has 1 amide bonds. The number of ether oxygens (including phenoxy) is 1. The molecular weight excluding hydrogens is 370 g/mol. The standard InChI is InChI=1S/C22H31N3O4/c1-28-18-4-5-20-19(14-18)23-22(29-20)25-9-2-3-17(15-25)13-21(27)24-10-6-16(7-11-24)8-12-26/h4-5,14,16-17,26H,2-3,6-13,15H2,1H3. The lowest BCUT2D eigenvalue weighted by Crippen LogP contribution is -2.42. The van der Waals surface area contributed by atoms with Crippen LogP contribution in [0.3, 0.4) is 0 Å².